The molecule has 0 spiro atoms. The van der Waals surface area contributed by atoms with E-state index in [1.165, 1.54) is 11.8 Å². The number of aromatic nitrogens is 2. The van der Waals surface area contributed by atoms with Crippen LogP contribution in [-0.4, -0.2) is 48.2 Å². The van der Waals surface area contributed by atoms with Crippen LogP contribution in [-0.2, 0) is 4.79 Å². The molecule has 1 atom stereocenters. The molecule has 0 bridgehead atoms. The van der Waals surface area contributed by atoms with E-state index in [4.69, 9.17) is 0 Å². The highest BCUT2D eigenvalue weighted by Gasteiger charge is 2.27. The average Bonchev–Trinajstić information content (AvgIpc) is 2.52. The summed E-state index contributed by atoms with van der Waals surface area (Å²) in [6.07, 6.45) is 0.947. The van der Waals surface area contributed by atoms with Gasteiger partial charge in [0.25, 0.3) is 6.43 Å². The highest BCUT2D eigenvalue weighted by Crippen LogP contribution is 2.24. The third-order valence-electron chi connectivity index (χ3n) is 3.55. The Balaban J connectivity index is 2.04. The molecule has 2 rings (SSSR count). The maximum absolute atomic E-state index is 12.2. The van der Waals surface area contributed by atoms with Crippen LogP contribution in [0.25, 0.3) is 0 Å². The molecule has 1 aromatic heterocycles. The maximum atomic E-state index is 12.2. The first-order chi connectivity index (χ1) is 10.5. The fourth-order valence-electron chi connectivity index (χ4n) is 2.50. The normalized spacial score (nSPS) is 18.6. The predicted molar refractivity (Wildman–Crippen MR) is 82.5 cm³/mol. The highest BCUT2D eigenvalue weighted by atomic mass is 32.2. The predicted octanol–water partition coefficient (Wildman–Crippen LogP) is 2.10. The van der Waals surface area contributed by atoms with Gasteiger partial charge in [-0.1, -0.05) is 11.8 Å². The lowest BCUT2D eigenvalue weighted by Crippen LogP contribution is -2.44. The lowest BCUT2D eigenvalue weighted by Gasteiger charge is -2.33. The summed E-state index contributed by atoms with van der Waals surface area (Å²) >= 11 is 1.47. The van der Waals surface area contributed by atoms with Crippen LogP contribution in [0.5, 0.6) is 0 Å². The van der Waals surface area contributed by atoms with Crippen molar-refractivity contribution in [1.82, 2.24) is 15.3 Å². The number of anilines is 1. The zero-order valence-corrected chi connectivity index (χ0v) is 13.5. The standard InChI is InChI=1S/C14H20F2N4OS/c1-9-6-12(19-14(18-9)22-2)20-5-3-4-10(8-20)13(21)17-7-11(15)16/h6,10-11H,3-5,7-8H2,1-2H3,(H,17,21). The molecule has 1 aliphatic rings. The summed E-state index contributed by atoms with van der Waals surface area (Å²) in [6.45, 7) is 2.63. The molecule has 5 nitrogen and oxygen atoms in total. The van der Waals surface area contributed by atoms with Gasteiger partial charge in [0.1, 0.15) is 5.82 Å². The fraction of sp³-hybridized carbons (Fsp3) is 0.643. The summed E-state index contributed by atoms with van der Waals surface area (Å²) < 4.78 is 24.4. The molecule has 1 N–H and O–H groups in total. The van der Waals surface area contributed by atoms with Crippen molar-refractivity contribution in [1.29, 1.82) is 0 Å². The van der Waals surface area contributed by atoms with E-state index in [0.29, 0.717) is 18.1 Å². The number of nitrogens with zero attached hydrogens (tertiary/aromatic N) is 3. The minimum absolute atomic E-state index is 0.277. The van der Waals surface area contributed by atoms with E-state index in [2.05, 4.69) is 15.3 Å². The minimum Gasteiger partial charge on any atom is -0.356 e. The molecule has 1 unspecified atom stereocenters. The molecule has 8 heteroatoms. The third kappa shape index (κ3) is 4.53. The number of carbonyl (C=O) groups excluding carboxylic acids is 1. The number of amides is 1. The van der Waals surface area contributed by atoms with Gasteiger partial charge in [0.2, 0.25) is 5.91 Å². The fourth-order valence-corrected chi connectivity index (χ4v) is 2.92. The first-order valence-electron chi connectivity index (χ1n) is 7.20. The molecule has 1 aromatic rings. The molecule has 0 radical (unpaired) electrons. The number of alkyl halides is 2. The van der Waals surface area contributed by atoms with E-state index in [0.717, 1.165) is 24.5 Å². The summed E-state index contributed by atoms with van der Waals surface area (Å²) in [5.41, 5.74) is 0.874. The molecular weight excluding hydrogens is 310 g/mol. The second-order valence-electron chi connectivity index (χ2n) is 5.28. The molecule has 122 valence electrons. The highest BCUT2D eigenvalue weighted by molar-refractivity contribution is 7.98. The average molecular weight is 330 g/mol. The zero-order chi connectivity index (χ0) is 16.1. The van der Waals surface area contributed by atoms with Crippen molar-refractivity contribution < 1.29 is 13.6 Å². The molecule has 1 aliphatic heterocycles. The van der Waals surface area contributed by atoms with Gasteiger partial charge < -0.3 is 10.2 Å². The van der Waals surface area contributed by atoms with Crippen molar-refractivity contribution in [2.75, 3.05) is 30.8 Å². The summed E-state index contributed by atoms with van der Waals surface area (Å²) in [5, 5.41) is 3.00. The molecular formula is C14H20F2N4OS. The van der Waals surface area contributed by atoms with E-state index in [-0.39, 0.29) is 11.8 Å². The van der Waals surface area contributed by atoms with Crippen LogP contribution in [0.2, 0.25) is 0 Å². The Hall–Kier alpha value is -1.44. The number of halogens is 2. The Morgan fingerprint density at radius 3 is 3.00 bits per heavy atom. The van der Waals surface area contributed by atoms with Crippen LogP contribution in [0.15, 0.2) is 11.2 Å². The number of hydrogen-bond acceptors (Lipinski definition) is 5. The second-order valence-corrected chi connectivity index (χ2v) is 6.05. The molecule has 1 fully saturated rings. The summed E-state index contributed by atoms with van der Waals surface area (Å²) in [6, 6.07) is 1.89. The molecule has 0 saturated carbocycles. The van der Waals surface area contributed by atoms with E-state index >= 15 is 0 Å². The largest absolute Gasteiger partial charge is 0.356 e. The van der Waals surface area contributed by atoms with Crippen molar-refractivity contribution >= 4 is 23.5 Å². The van der Waals surface area contributed by atoms with Crippen LogP contribution >= 0.6 is 11.8 Å². The lowest BCUT2D eigenvalue weighted by molar-refractivity contribution is -0.125. The van der Waals surface area contributed by atoms with Crippen molar-refractivity contribution in [2.24, 2.45) is 5.92 Å². The van der Waals surface area contributed by atoms with Gasteiger partial charge in [0.15, 0.2) is 5.16 Å². The Bertz CT molecular complexity index is 530. The monoisotopic (exact) mass is 330 g/mol. The van der Waals surface area contributed by atoms with Gasteiger partial charge in [-0.3, -0.25) is 4.79 Å². The molecule has 22 heavy (non-hydrogen) atoms. The summed E-state index contributed by atoms with van der Waals surface area (Å²) in [4.78, 5) is 22.8. The van der Waals surface area contributed by atoms with Crippen LogP contribution in [0, 0.1) is 12.8 Å². The molecule has 1 saturated heterocycles. The van der Waals surface area contributed by atoms with Gasteiger partial charge >= 0.3 is 0 Å². The van der Waals surface area contributed by atoms with Crippen LogP contribution in [0.4, 0.5) is 14.6 Å². The summed E-state index contributed by atoms with van der Waals surface area (Å²) in [5.74, 6) is 0.213. The number of thioether (sulfide) groups is 1. The lowest BCUT2D eigenvalue weighted by atomic mass is 9.97. The molecule has 0 aromatic carbocycles. The van der Waals surface area contributed by atoms with E-state index < -0.39 is 13.0 Å². The maximum Gasteiger partial charge on any atom is 0.255 e. The van der Waals surface area contributed by atoms with Crippen molar-refractivity contribution in [3.8, 4) is 0 Å². The van der Waals surface area contributed by atoms with Gasteiger partial charge in [-0.25, -0.2) is 18.7 Å². The van der Waals surface area contributed by atoms with Crippen LogP contribution in [0.1, 0.15) is 18.5 Å². The van der Waals surface area contributed by atoms with Gasteiger partial charge in [-0.15, -0.1) is 0 Å². The Kier molecular flexibility index (Phi) is 5.93. The SMILES string of the molecule is CSc1nc(C)cc(N2CCCC(C(=O)NCC(F)F)C2)n1. The minimum atomic E-state index is -2.52. The molecule has 0 aliphatic carbocycles. The topological polar surface area (TPSA) is 58.1 Å². The Morgan fingerprint density at radius 2 is 2.32 bits per heavy atom. The van der Waals surface area contributed by atoms with Crippen LogP contribution in [0.3, 0.4) is 0 Å². The first-order valence-corrected chi connectivity index (χ1v) is 8.42. The van der Waals surface area contributed by atoms with E-state index in [1.54, 1.807) is 0 Å². The first kappa shape index (κ1) is 16.9. The number of aryl methyl sites for hydroxylation is 1. The van der Waals surface area contributed by atoms with E-state index in [9.17, 15) is 13.6 Å². The summed E-state index contributed by atoms with van der Waals surface area (Å²) in [7, 11) is 0. The van der Waals surface area contributed by atoms with Gasteiger partial charge in [0, 0.05) is 24.8 Å². The smallest absolute Gasteiger partial charge is 0.255 e. The van der Waals surface area contributed by atoms with Gasteiger partial charge in [-0.05, 0) is 26.0 Å². The number of hydrogen-bond donors (Lipinski definition) is 1. The van der Waals surface area contributed by atoms with Gasteiger partial charge in [-0.2, -0.15) is 0 Å². The third-order valence-corrected chi connectivity index (χ3v) is 4.10. The number of piperidine rings is 1. The Labute approximate surface area is 132 Å². The van der Waals surface area contributed by atoms with Crippen molar-refractivity contribution in [2.45, 2.75) is 31.3 Å². The molecule has 1 amide bonds. The Morgan fingerprint density at radius 1 is 1.55 bits per heavy atom. The molecule has 2 heterocycles. The van der Waals surface area contributed by atoms with Crippen molar-refractivity contribution in [3.05, 3.63) is 11.8 Å². The number of rotatable bonds is 5. The second kappa shape index (κ2) is 7.71. The van der Waals surface area contributed by atoms with Crippen LogP contribution < -0.4 is 10.2 Å². The van der Waals surface area contributed by atoms with E-state index in [1.807, 2.05) is 24.1 Å². The van der Waals surface area contributed by atoms with Gasteiger partial charge in [0.05, 0.1) is 12.5 Å². The quantitative estimate of drug-likeness (QED) is 0.662. The number of carbonyl (C=O) groups is 1. The zero-order valence-electron chi connectivity index (χ0n) is 12.7. The number of nitrogens with one attached hydrogen (secondary N) is 1. The van der Waals surface area contributed by atoms with Crippen molar-refractivity contribution in [3.63, 3.8) is 0 Å².